The first-order chi connectivity index (χ1) is 14.7. The molecule has 0 N–H and O–H groups in total. The highest BCUT2D eigenvalue weighted by atomic mass is 16.6. The zero-order valence-electron chi connectivity index (χ0n) is 17.3. The SMILES string of the molecule is O=C(OCc1ccccc1)N1CCC2(C=Cc3c(cnn3C3CCCCO3)C2)CC1. The Kier molecular flexibility index (Phi) is 5.34. The normalized spacial score (nSPS) is 22.7. The highest BCUT2D eigenvalue weighted by molar-refractivity contribution is 5.68. The molecule has 158 valence electrons. The standard InChI is InChI=1S/C24H29N3O3/c28-23(30-18-19-6-2-1-3-7-19)26-13-11-24(12-14-26)10-9-21-20(16-24)17-25-27(21)22-8-4-5-15-29-22/h1-3,6-7,9-10,17,22H,4-5,8,11-16,18H2. The first-order valence-corrected chi connectivity index (χ1v) is 11.1. The number of piperidine rings is 1. The summed E-state index contributed by atoms with van der Waals surface area (Å²) < 4.78 is 13.5. The van der Waals surface area contributed by atoms with Gasteiger partial charge < -0.3 is 14.4 Å². The average Bonchev–Trinajstić information content (AvgIpc) is 3.22. The van der Waals surface area contributed by atoms with Gasteiger partial charge in [-0.05, 0) is 61.1 Å². The summed E-state index contributed by atoms with van der Waals surface area (Å²) in [4.78, 5) is 14.3. The van der Waals surface area contributed by atoms with Gasteiger partial charge in [-0.1, -0.05) is 36.4 Å². The van der Waals surface area contributed by atoms with Gasteiger partial charge in [0, 0.05) is 19.7 Å². The molecule has 1 spiro atoms. The molecule has 1 amide bonds. The number of benzene rings is 1. The molecule has 0 radical (unpaired) electrons. The second-order valence-corrected chi connectivity index (χ2v) is 8.72. The van der Waals surface area contributed by atoms with E-state index >= 15 is 0 Å². The van der Waals surface area contributed by atoms with Gasteiger partial charge in [-0.3, -0.25) is 0 Å². The Balaban J connectivity index is 1.18. The second-order valence-electron chi connectivity index (χ2n) is 8.72. The molecular weight excluding hydrogens is 378 g/mol. The van der Waals surface area contributed by atoms with Crippen molar-refractivity contribution in [1.82, 2.24) is 14.7 Å². The van der Waals surface area contributed by atoms with Crippen molar-refractivity contribution in [3.8, 4) is 0 Å². The number of ether oxygens (including phenoxy) is 2. The minimum Gasteiger partial charge on any atom is -0.445 e. The van der Waals surface area contributed by atoms with Crippen molar-refractivity contribution in [2.24, 2.45) is 5.41 Å². The van der Waals surface area contributed by atoms with Crippen LogP contribution in [0.4, 0.5) is 4.79 Å². The monoisotopic (exact) mass is 407 g/mol. The lowest BCUT2D eigenvalue weighted by atomic mass is 9.71. The van der Waals surface area contributed by atoms with Crippen molar-refractivity contribution < 1.29 is 14.3 Å². The van der Waals surface area contributed by atoms with Crippen LogP contribution in [0, 0.1) is 5.41 Å². The number of fused-ring (bicyclic) bond motifs is 1. The third kappa shape index (κ3) is 3.88. The van der Waals surface area contributed by atoms with Crippen molar-refractivity contribution in [2.75, 3.05) is 19.7 Å². The molecule has 1 unspecified atom stereocenters. The summed E-state index contributed by atoms with van der Waals surface area (Å²) in [5.74, 6) is 0. The Bertz CT molecular complexity index is 907. The van der Waals surface area contributed by atoms with Crippen LogP contribution in [0.1, 0.15) is 55.2 Å². The smallest absolute Gasteiger partial charge is 0.410 e. The first kappa shape index (κ1) is 19.4. The van der Waals surface area contributed by atoms with Gasteiger partial charge in [-0.25, -0.2) is 9.48 Å². The molecule has 2 fully saturated rings. The highest BCUT2D eigenvalue weighted by Gasteiger charge is 2.38. The predicted octanol–water partition coefficient (Wildman–Crippen LogP) is 4.57. The number of hydrogen-bond donors (Lipinski definition) is 0. The number of amides is 1. The minimum atomic E-state index is -0.212. The van der Waals surface area contributed by atoms with Gasteiger partial charge in [-0.15, -0.1) is 0 Å². The van der Waals surface area contributed by atoms with Crippen molar-refractivity contribution in [2.45, 2.75) is 51.4 Å². The Hall–Kier alpha value is -2.60. The summed E-state index contributed by atoms with van der Waals surface area (Å²) in [6, 6.07) is 9.83. The number of aromatic nitrogens is 2. The number of rotatable bonds is 3. The Morgan fingerprint density at radius 1 is 1.20 bits per heavy atom. The van der Waals surface area contributed by atoms with Gasteiger partial charge in [0.05, 0.1) is 11.9 Å². The molecule has 30 heavy (non-hydrogen) atoms. The summed E-state index contributed by atoms with van der Waals surface area (Å²) in [6.45, 7) is 2.61. The number of carbonyl (C=O) groups is 1. The molecule has 2 aliphatic heterocycles. The van der Waals surface area contributed by atoms with E-state index in [-0.39, 0.29) is 17.7 Å². The van der Waals surface area contributed by atoms with Gasteiger partial charge in [0.1, 0.15) is 6.61 Å². The Morgan fingerprint density at radius 2 is 2.03 bits per heavy atom. The lowest BCUT2D eigenvalue weighted by Crippen LogP contribution is -2.44. The maximum atomic E-state index is 12.5. The largest absolute Gasteiger partial charge is 0.445 e. The minimum absolute atomic E-state index is 0.0717. The van der Waals surface area contributed by atoms with E-state index in [0.717, 1.165) is 57.4 Å². The molecule has 1 atom stereocenters. The predicted molar refractivity (Wildman–Crippen MR) is 114 cm³/mol. The fraction of sp³-hybridized carbons (Fsp3) is 0.500. The molecule has 3 heterocycles. The van der Waals surface area contributed by atoms with Crippen molar-refractivity contribution in [3.63, 3.8) is 0 Å². The van der Waals surface area contributed by atoms with E-state index in [1.807, 2.05) is 41.4 Å². The van der Waals surface area contributed by atoms with Crippen LogP contribution < -0.4 is 0 Å². The lowest BCUT2D eigenvalue weighted by Gasteiger charge is -2.41. The molecule has 1 aromatic carbocycles. The molecule has 1 aliphatic carbocycles. The number of likely N-dealkylation sites (tertiary alicyclic amines) is 1. The van der Waals surface area contributed by atoms with Crippen LogP contribution in [0.5, 0.6) is 0 Å². The molecule has 1 aromatic heterocycles. The Morgan fingerprint density at radius 3 is 2.80 bits per heavy atom. The average molecular weight is 408 g/mol. The van der Waals surface area contributed by atoms with Gasteiger partial charge in [-0.2, -0.15) is 5.10 Å². The molecular formula is C24H29N3O3. The van der Waals surface area contributed by atoms with Crippen LogP contribution in [-0.2, 0) is 22.5 Å². The summed E-state index contributed by atoms with van der Waals surface area (Å²) in [5.41, 5.74) is 3.62. The zero-order chi connectivity index (χ0) is 20.4. The fourth-order valence-corrected chi connectivity index (χ4v) is 4.86. The summed E-state index contributed by atoms with van der Waals surface area (Å²) in [6.07, 6.45) is 12.7. The maximum absolute atomic E-state index is 12.5. The van der Waals surface area contributed by atoms with Gasteiger partial charge in [0.15, 0.2) is 6.23 Å². The van der Waals surface area contributed by atoms with Crippen molar-refractivity contribution in [3.05, 3.63) is 59.4 Å². The Labute approximate surface area is 177 Å². The molecule has 3 aliphatic rings. The summed E-state index contributed by atoms with van der Waals surface area (Å²) in [5, 5.41) is 4.65. The molecule has 0 bridgehead atoms. The molecule has 2 saturated heterocycles. The van der Waals surface area contributed by atoms with Crippen LogP contribution in [0.3, 0.4) is 0 Å². The topological polar surface area (TPSA) is 56.6 Å². The van der Waals surface area contributed by atoms with Crippen LogP contribution >= 0.6 is 0 Å². The van der Waals surface area contributed by atoms with E-state index in [1.54, 1.807) is 0 Å². The van der Waals surface area contributed by atoms with Crippen LogP contribution in [0.25, 0.3) is 6.08 Å². The third-order valence-electron chi connectivity index (χ3n) is 6.70. The lowest BCUT2D eigenvalue weighted by molar-refractivity contribution is -0.0399. The first-order valence-electron chi connectivity index (χ1n) is 11.1. The zero-order valence-corrected chi connectivity index (χ0v) is 17.3. The van der Waals surface area contributed by atoms with Gasteiger partial charge >= 0.3 is 6.09 Å². The van der Waals surface area contributed by atoms with Crippen molar-refractivity contribution >= 4 is 12.2 Å². The third-order valence-corrected chi connectivity index (χ3v) is 6.70. The van der Waals surface area contributed by atoms with Crippen LogP contribution in [0.2, 0.25) is 0 Å². The van der Waals surface area contributed by atoms with Crippen molar-refractivity contribution in [1.29, 1.82) is 0 Å². The van der Waals surface area contributed by atoms with Gasteiger partial charge in [0.25, 0.3) is 0 Å². The highest BCUT2D eigenvalue weighted by Crippen LogP contribution is 2.42. The summed E-state index contributed by atoms with van der Waals surface area (Å²) in [7, 11) is 0. The van der Waals surface area contributed by atoms with E-state index in [9.17, 15) is 4.79 Å². The number of nitrogens with zero attached hydrogens (tertiary/aromatic N) is 3. The molecule has 6 heteroatoms. The van der Waals surface area contributed by atoms with E-state index in [4.69, 9.17) is 9.47 Å². The summed E-state index contributed by atoms with van der Waals surface area (Å²) >= 11 is 0. The maximum Gasteiger partial charge on any atom is 0.410 e. The van der Waals surface area contributed by atoms with Crippen LogP contribution in [-0.4, -0.2) is 40.5 Å². The van der Waals surface area contributed by atoms with E-state index in [1.165, 1.54) is 17.7 Å². The van der Waals surface area contributed by atoms with Gasteiger partial charge in [0.2, 0.25) is 0 Å². The second kappa shape index (κ2) is 8.26. The number of allylic oxidation sites excluding steroid dienone is 1. The van der Waals surface area contributed by atoms with E-state index in [2.05, 4.69) is 21.9 Å². The van der Waals surface area contributed by atoms with E-state index < -0.39 is 0 Å². The number of carbonyl (C=O) groups excluding carboxylic acids is 1. The quantitative estimate of drug-likeness (QED) is 0.748. The van der Waals surface area contributed by atoms with E-state index in [0.29, 0.717) is 6.61 Å². The molecule has 2 aromatic rings. The van der Waals surface area contributed by atoms with Crippen LogP contribution in [0.15, 0.2) is 42.6 Å². The fourth-order valence-electron chi connectivity index (χ4n) is 4.86. The molecule has 5 rings (SSSR count). The molecule has 6 nitrogen and oxygen atoms in total. The molecule has 0 saturated carbocycles. The number of hydrogen-bond acceptors (Lipinski definition) is 4.